The van der Waals surface area contributed by atoms with Crippen molar-refractivity contribution in [2.75, 3.05) is 38.6 Å². The van der Waals surface area contributed by atoms with Gasteiger partial charge in [-0.3, -0.25) is 28.7 Å². The first-order valence-corrected chi connectivity index (χ1v) is 22.5. The Balaban J connectivity index is 1.17. The maximum atomic E-state index is 14.7. The van der Waals surface area contributed by atoms with Gasteiger partial charge >= 0.3 is 5.97 Å². The van der Waals surface area contributed by atoms with Crippen molar-refractivity contribution >= 4 is 56.1 Å². The summed E-state index contributed by atoms with van der Waals surface area (Å²) in [4.78, 5) is 80.4. The molecule has 2 aliphatic carbocycles. The Hall–Kier alpha value is -4.31. The highest BCUT2D eigenvalue weighted by molar-refractivity contribution is 7.91. The normalized spacial score (nSPS) is 28.5. The second-order valence-corrected chi connectivity index (χ2v) is 20.4. The van der Waals surface area contributed by atoms with Crippen LogP contribution in [-0.4, -0.2) is 109 Å². The number of esters is 1. The molecule has 16 heteroatoms. The summed E-state index contributed by atoms with van der Waals surface area (Å²) in [6.45, 7) is 5.99. The first-order chi connectivity index (χ1) is 27.0. The van der Waals surface area contributed by atoms with E-state index >= 15 is 0 Å². The number of carbonyl (C=O) groups is 5. The van der Waals surface area contributed by atoms with Crippen LogP contribution in [0.3, 0.4) is 0 Å². The molecule has 2 N–H and O–H groups in total. The number of amides is 4. The van der Waals surface area contributed by atoms with E-state index < -0.39 is 68.0 Å². The number of hydrogen-bond acceptors (Lipinski definition) is 11. The molecule has 4 heterocycles. The Labute approximate surface area is 338 Å². The molecule has 0 unspecified atom stereocenters. The Morgan fingerprint density at radius 2 is 1.84 bits per heavy atom. The van der Waals surface area contributed by atoms with Crippen LogP contribution in [0.2, 0.25) is 0 Å². The lowest BCUT2D eigenvalue weighted by Gasteiger charge is -2.33. The van der Waals surface area contributed by atoms with Gasteiger partial charge in [-0.05, 0) is 71.4 Å². The Morgan fingerprint density at radius 3 is 2.54 bits per heavy atom. The number of anilines is 1. The second kappa shape index (κ2) is 15.8. The second-order valence-electron chi connectivity index (χ2n) is 17.6. The summed E-state index contributed by atoms with van der Waals surface area (Å²) in [7, 11) is -0.0627. The number of thiazole rings is 1. The summed E-state index contributed by atoms with van der Waals surface area (Å²) >= 11 is 1.51. The SMILES string of the molecule is CN(C)c1nc(-c2cccc(C(=O)N3C[C@H]4CN5C(=O)[C@@H](CC(=O)OC(C)(C)C)CCCCC/C=C\[C@@H]6C[C@@]6(C(=O)NS(=O)(=O)C6CC6)NC(=O)[C@@H]5[C@H]4C3)c2)cs1. The predicted molar refractivity (Wildman–Crippen MR) is 216 cm³/mol. The van der Waals surface area contributed by atoms with Crippen LogP contribution in [0.5, 0.6) is 0 Å². The molecule has 308 valence electrons. The summed E-state index contributed by atoms with van der Waals surface area (Å²) in [5.74, 6) is -4.28. The van der Waals surface area contributed by atoms with Gasteiger partial charge in [0.2, 0.25) is 21.8 Å². The van der Waals surface area contributed by atoms with Crippen LogP contribution >= 0.6 is 11.3 Å². The van der Waals surface area contributed by atoms with Crippen molar-refractivity contribution in [2.45, 2.75) is 101 Å². The summed E-state index contributed by atoms with van der Waals surface area (Å²) in [5.41, 5.74) is -0.208. The van der Waals surface area contributed by atoms with Crippen molar-refractivity contribution in [1.82, 2.24) is 24.8 Å². The summed E-state index contributed by atoms with van der Waals surface area (Å²) in [6.07, 6.45) is 8.33. The van der Waals surface area contributed by atoms with E-state index in [1.165, 1.54) is 11.3 Å². The van der Waals surface area contributed by atoms with Gasteiger partial charge in [-0.1, -0.05) is 37.1 Å². The zero-order valence-corrected chi connectivity index (χ0v) is 35.0. The van der Waals surface area contributed by atoms with Crippen molar-refractivity contribution in [2.24, 2.45) is 23.7 Å². The monoisotopic (exact) mass is 822 g/mol. The van der Waals surface area contributed by atoms with E-state index in [-0.39, 0.29) is 43.7 Å². The number of allylic oxidation sites excluding steroid dienone is 1. The van der Waals surface area contributed by atoms with E-state index in [1.54, 1.807) is 36.6 Å². The zero-order chi connectivity index (χ0) is 40.9. The largest absolute Gasteiger partial charge is 0.460 e. The minimum atomic E-state index is -3.90. The third-order valence-electron chi connectivity index (χ3n) is 11.7. The quantitative estimate of drug-likeness (QED) is 0.291. The number of rotatable bonds is 8. The molecule has 1 aromatic heterocycles. The molecule has 14 nitrogen and oxygen atoms in total. The molecule has 0 radical (unpaired) electrons. The van der Waals surface area contributed by atoms with Crippen molar-refractivity contribution in [3.63, 3.8) is 0 Å². The molecule has 5 aliphatic rings. The number of carbonyl (C=O) groups excluding carboxylic acids is 5. The van der Waals surface area contributed by atoms with Crippen LogP contribution in [0.25, 0.3) is 11.3 Å². The molecule has 0 spiro atoms. The highest BCUT2D eigenvalue weighted by Gasteiger charge is 2.63. The van der Waals surface area contributed by atoms with E-state index in [4.69, 9.17) is 4.74 Å². The first kappa shape index (κ1) is 40.9. The maximum absolute atomic E-state index is 14.7. The van der Waals surface area contributed by atoms with Crippen molar-refractivity contribution in [1.29, 1.82) is 0 Å². The van der Waals surface area contributed by atoms with E-state index in [0.29, 0.717) is 44.2 Å². The molecule has 3 aliphatic heterocycles. The Kier molecular flexibility index (Phi) is 11.3. The molecule has 7 rings (SSSR count). The van der Waals surface area contributed by atoms with E-state index in [2.05, 4.69) is 15.0 Å². The van der Waals surface area contributed by atoms with Crippen LogP contribution in [0.4, 0.5) is 5.13 Å². The van der Waals surface area contributed by atoms with Crippen LogP contribution < -0.4 is 14.9 Å². The highest BCUT2D eigenvalue weighted by Crippen LogP contribution is 2.47. The van der Waals surface area contributed by atoms with Gasteiger partial charge in [-0.15, -0.1) is 11.3 Å². The van der Waals surface area contributed by atoms with E-state index in [1.807, 2.05) is 54.7 Å². The minimum Gasteiger partial charge on any atom is -0.460 e. The number of fused-ring (bicyclic) bond motifs is 4. The summed E-state index contributed by atoms with van der Waals surface area (Å²) < 4.78 is 33.7. The molecule has 6 atom stereocenters. The number of ether oxygens (including phenoxy) is 1. The minimum absolute atomic E-state index is 0.139. The smallest absolute Gasteiger partial charge is 0.307 e. The summed E-state index contributed by atoms with van der Waals surface area (Å²) in [5, 5.41) is 5.12. The number of benzene rings is 1. The fourth-order valence-corrected chi connectivity index (χ4v) is 10.7. The topological polar surface area (TPSA) is 175 Å². The lowest BCUT2D eigenvalue weighted by molar-refractivity contribution is -0.159. The Bertz CT molecular complexity index is 2060. The van der Waals surface area contributed by atoms with Gasteiger partial charge in [0.1, 0.15) is 17.2 Å². The standard InChI is InChI=1S/C41H54N6O8S2/c1-40(2,3)55-33(48)19-27-12-9-7-6-8-10-15-29-20-41(29,38(52)44-57(53,54)30-16-17-30)43-35(49)34-31-23-46(21-28(31)22-47(34)37(27)51)36(50)26-14-11-13-25(18-26)32-24-56-39(42-32)45(4)5/h10-11,13-15,18,24,27-31,34H,6-9,12,16-17,19-23H2,1-5H3,(H,43,49)(H,44,52)/b15-10-/t27-,28+,29-,31+,34+,41-/m1/s1. The Morgan fingerprint density at radius 1 is 1.07 bits per heavy atom. The van der Waals surface area contributed by atoms with E-state index in [9.17, 15) is 32.4 Å². The number of nitrogens with zero attached hydrogens (tertiary/aromatic N) is 4. The van der Waals surface area contributed by atoms with Gasteiger partial charge < -0.3 is 24.8 Å². The molecule has 4 fully saturated rings. The van der Waals surface area contributed by atoms with Gasteiger partial charge in [0.25, 0.3) is 11.8 Å². The van der Waals surface area contributed by atoms with E-state index in [0.717, 1.165) is 29.2 Å². The van der Waals surface area contributed by atoms with Gasteiger partial charge in [-0.2, -0.15) is 0 Å². The van der Waals surface area contributed by atoms with Gasteiger partial charge in [0, 0.05) is 73.9 Å². The number of nitrogens with one attached hydrogen (secondary N) is 2. The number of sulfonamides is 1. The molecule has 57 heavy (non-hydrogen) atoms. The van der Waals surface area contributed by atoms with Gasteiger partial charge in [-0.25, -0.2) is 13.4 Å². The lowest BCUT2D eigenvalue weighted by atomic mass is 9.92. The maximum Gasteiger partial charge on any atom is 0.307 e. The third-order valence-corrected chi connectivity index (χ3v) is 14.5. The average molecular weight is 823 g/mol. The molecule has 2 saturated heterocycles. The average Bonchev–Trinajstić information content (AvgIpc) is 3.96. The van der Waals surface area contributed by atoms with Crippen LogP contribution in [-0.2, 0) is 33.9 Å². The lowest BCUT2D eigenvalue weighted by Crippen LogP contribution is -2.58. The molecule has 1 aromatic carbocycles. The van der Waals surface area contributed by atoms with Crippen LogP contribution in [0.15, 0.2) is 41.8 Å². The number of aromatic nitrogens is 1. The van der Waals surface area contributed by atoms with Gasteiger partial charge in [0.15, 0.2) is 5.13 Å². The van der Waals surface area contributed by atoms with Gasteiger partial charge in [0.05, 0.1) is 17.4 Å². The van der Waals surface area contributed by atoms with Crippen molar-refractivity contribution in [3.8, 4) is 11.3 Å². The van der Waals surface area contributed by atoms with Crippen LogP contribution in [0, 0.1) is 23.7 Å². The molecule has 2 aromatic rings. The van der Waals surface area contributed by atoms with Crippen molar-refractivity contribution < 1.29 is 37.1 Å². The molecular formula is C41H54N6O8S2. The fraction of sp³-hybridized carbons (Fsp3) is 0.610. The first-order valence-electron chi connectivity index (χ1n) is 20.1. The molecular weight excluding hydrogens is 769 g/mol. The molecule has 2 saturated carbocycles. The number of likely N-dealkylation sites (tertiary alicyclic amines) is 1. The molecule has 4 amide bonds. The highest BCUT2D eigenvalue weighted by atomic mass is 32.2. The zero-order valence-electron chi connectivity index (χ0n) is 33.4. The summed E-state index contributed by atoms with van der Waals surface area (Å²) in [6, 6.07) is 6.24. The number of hydrogen-bond donors (Lipinski definition) is 2. The fourth-order valence-electron chi connectivity index (χ4n) is 8.55. The third kappa shape index (κ3) is 8.91. The van der Waals surface area contributed by atoms with Crippen LogP contribution in [0.1, 0.15) is 88.9 Å². The predicted octanol–water partition coefficient (Wildman–Crippen LogP) is 4.13. The van der Waals surface area contributed by atoms with Crippen molar-refractivity contribution in [3.05, 3.63) is 47.4 Å². The molecule has 0 bridgehead atoms.